The largest absolute Gasteiger partial charge is 0.494 e. The van der Waals surface area contributed by atoms with Crippen LogP contribution in [0.2, 0.25) is 0 Å². The molecule has 0 aromatic heterocycles. The average Bonchev–Trinajstić information content (AvgIpc) is 2.66. The lowest BCUT2D eigenvalue weighted by Gasteiger charge is -2.11. The highest BCUT2D eigenvalue weighted by molar-refractivity contribution is 5.48. The number of nitrogens with two attached hydrogens (primary N) is 1. The normalized spacial score (nSPS) is 13.5. The molecule has 0 atom stereocenters. The smallest absolute Gasteiger partial charge is 0.123 e. The highest BCUT2D eigenvalue weighted by atomic mass is 16.5. The quantitative estimate of drug-likeness (QED) is 0.814. The van der Waals surface area contributed by atoms with E-state index in [9.17, 15) is 0 Å². The number of hydrogen-bond acceptors (Lipinski definition) is 3. The van der Waals surface area contributed by atoms with Crippen LogP contribution in [0, 0.1) is 0 Å². The van der Waals surface area contributed by atoms with E-state index in [0.29, 0.717) is 13.2 Å². The van der Waals surface area contributed by atoms with Gasteiger partial charge in [-0.3, -0.25) is 0 Å². The van der Waals surface area contributed by atoms with Crippen molar-refractivity contribution in [3.63, 3.8) is 0 Å². The molecule has 0 unspecified atom stereocenters. The first-order chi connectivity index (χ1) is 7.35. The summed E-state index contributed by atoms with van der Waals surface area (Å²) in [7, 11) is 0. The summed E-state index contributed by atoms with van der Waals surface area (Å²) < 4.78 is 11.1. The maximum Gasteiger partial charge on any atom is 0.123 e. The molecule has 0 amide bonds. The Morgan fingerprint density at radius 3 is 3.07 bits per heavy atom. The van der Waals surface area contributed by atoms with Crippen molar-refractivity contribution in [2.45, 2.75) is 19.8 Å². The number of benzene rings is 1. The van der Waals surface area contributed by atoms with Gasteiger partial charge in [0.15, 0.2) is 0 Å². The van der Waals surface area contributed by atoms with Crippen molar-refractivity contribution >= 4 is 0 Å². The Morgan fingerprint density at radius 2 is 2.33 bits per heavy atom. The van der Waals surface area contributed by atoms with Gasteiger partial charge >= 0.3 is 0 Å². The number of ether oxygens (including phenoxy) is 2. The van der Waals surface area contributed by atoms with Gasteiger partial charge in [0.2, 0.25) is 0 Å². The fraction of sp³-hybridized carbons (Fsp3) is 0.500. The summed E-state index contributed by atoms with van der Waals surface area (Å²) in [6.07, 6.45) is 1.82. The van der Waals surface area contributed by atoms with Gasteiger partial charge in [-0.25, -0.2) is 0 Å². The molecular weight excluding hydrogens is 190 g/mol. The van der Waals surface area contributed by atoms with Gasteiger partial charge in [0.05, 0.1) is 13.2 Å². The Hall–Kier alpha value is -1.22. The van der Waals surface area contributed by atoms with Crippen LogP contribution in [0.4, 0.5) is 0 Å². The van der Waals surface area contributed by atoms with Crippen molar-refractivity contribution in [3.8, 4) is 11.5 Å². The molecular formula is C12H17NO2. The Labute approximate surface area is 90.2 Å². The first-order valence-corrected chi connectivity index (χ1v) is 5.46. The molecule has 0 saturated heterocycles. The van der Waals surface area contributed by atoms with Crippen LogP contribution in [0.3, 0.4) is 0 Å². The van der Waals surface area contributed by atoms with Crippen LogP contribution in [-0.2, 0) is 12.8 Å². The second-order valence-electron chi connectivity index (χ2n) is 3.64. The van der Waals surface area contributed by atoms with E-state index in [-0.39, 0.29) is 0 Å². The number of fused-ring (bicyclic) bond motifs is 1. The van der Waals surface area contributed by atoms with Crippen LogP contribution in [-0.4, -0.2) is 19.8 Å². The van der Waals surface area contributed by atoms with Crippen LogP contribution < -0.4 is 15.2 Å². The standard InChI is InChI=1S/C12H17NO2/c1-2-14-11-8-10-4-6-15-12(10)7-9(11)3-5-13/h7-8H,2-6,13H2,1H3. The Morgan fingerprint density at radius 1 is 1.47 bits per heavy atom. The number of hydrogen-bond donors (Lipinski definition) is 1. The Bertz CT molecular complexity index is 317. The van der Waals surface area contributed by atoms with Crippen LogP contribution >= 0.6 is 0 Å². The summed E-state index contributed by atoms with van der Waals surface area (Å²) in [4.78, 5) is 0. The Balaban J connectivity index is 2.33. The molecule has 0 saturated carbocycles. The molecule has 2 N–H and O–H groups in total. The van der Waals surface area contributed by atoms with Crippen LogP contribution in [0.5, 0.6) is 11.5 Å². The molecule has 0 aliphatic carbocycles. The predicted molar refractivity (Wildman–Crippen MR) is 59.6 cm³/mol. The molecule has 1 aromatic rings. The van der Waals surface area contributed by atoms with Gasteiger partial charge in [0.1, 0.15) is 11.5 Å². The minimum absolute atomic E-state index is 0.638. The van der Waals surface area contributed by atoms with Gasteiger partial charge in [-0.05, 0) is 37.6 Å². The van der Waals surface area contributed by atoms with Crippen LogP contribution in [0.1, 0.15) is 18.1 Å². The van der Waals surface area contributed by atoms with E-state index < -0.39 is 0 Å². The summed E-state index contributed by atoms with van der Waals surface area (Å²) in [5.74, 6) is 1.97. The topological polar surface area (TPSA) is 44.5 Å². The third-order valence-corrected chi connectivity index (χ3v) is 2.59. The fourth-order valence-electron chi connectivity index (χ4n) is 1.89. The summed E-state index contributed by atoms with van der Waals surface area (Å²) in [6.45, 7) is 4.11. The van der Waals surface area contributed by atoms with Crippen molar-refractivity contribution in [3.05, 3.63) is 23.3 Å². The molecule has 3 nitrogen and oxygen atoms in total. The minimum atomic E-state index is 0.638. The monoisotopic (exact) mass is 207 g/mol. The highest BCUT2D eigenvalue weighted by Crippen LogP contribution is 2.32. The first kappa shape index (κ1) is 10.3. The van der Waals surface area contributed by atoms with E-state index in [1.807, 2.05) is 6.92 Å². The molecule has 0 fully saturated rings. The molecule has 3 heteroatoms. The highest BCUT2D eigenvalue weighted by Gasteiger charge is 2.16. The summed E-state index contributed by atoms with van der Waals surface area (Å²) in [5.41, 5.74) is 7.98. The van der Waals surface area contributed by atoms with Crippen LogP contribution in [0.15, 0.2) is 12.1 Å². The zero-order valence-corrected chi connectivity index (χ0v) is 9.08. The third kappa shape index (κ3) is 2.07. The van der Waals surface area contributed by atoms with E-state index in [1.165, 1.54) is 5.56 Å². The lowest BCUT2D eigenvalue weighted by atomic mass is 10.1. The third-order valence-electron chi connectivity index (χ3n) is 2.59. The zero-order chi connectivity index (χ0) is 10.7. The maximum atomic E-state index is 5.60. The van der Waals surface area contributed by atoms with Crippen LogP contribution in [0.25, 0.3) is 0 Å². The lowest BCUT2D eigenvalue weighted by molar-refractivity contribution is 0.335. The summed E-state index contributed by atoms with van der Waals surface area (Å²) in [6, 6.07) is 4.16. The molecule has 1 aliphatic heterocycles. The molecule has 15 heavy (non-hydrogen) atoms. The first-order valence-electron chi connectivity index (χ1n) is 5.46. The van der Waals surface area contributed by atoms with E-state index in [0.717, 1.165) is 36.5 Å². The van der Waals surface area contributed by atoms with Gasteiger partial charge in [-0.15, -0.1) is 0 Å². The molecule has 1 heterocycles. The molecule has 2 rings (SSSR count). The van der Waals surface area contributed by atoms with Crippen molar-refractivity contribution in [1.29, 1.82) is 0 Å². The van der Waals surface area contributed by atoms with E-state index in [2.05, 4.69) is 12.1 Å². The Kier molecular flexibility index (Phi) is 3.11. The zero-order valence-electron chi connectivity index (χ0n) is 9.08. The molecule has 0 bridgehead atoms. The predicted octanol–water partition coefficient (Wildman–Crippen LogP) is 1.52. The summed E-state index contributed by atoms with van der Waals surface area (Å²) >= 11 is 0. The molecule has 1 aromatic carbocycles. The molecule has 82 valence electrons. The van der Waals surface area contributed by atoms with E-state index in [1.54, 1.807) is 0 Å². The van der Waals surface area contributed by atoms with Crippen molar-refractivity contribution in [1.82, 2.24) is 0 Å². The maximum absolute atomic E-state index is 5.60. The van der Waals surface area contributed by atoms with Gasteiger partial charge in [0.25, 0.3) is 0 Å². The molecule has 1 aliphatic rings. The van der Waals surface area contributed by atoms with Gasteiger partial charge in [-0.1, -0.05) is 0 Å². The van der Waals surface area contributed by atoms with Crippen molar-refractivity contribution < 1.29 is 9.47 Å². The van der Waals surface area contributed by atoms with Crippen molar-refractivity contribution in [2.24, 2.45) is 5.73 Å². The number of rotatable bonds is 4. The van der Waals surface area contributed by atoms with E-state index >= 15 is 0 Å². The van der Waals surface area contributed by atoms with Gasteiger partial charge in [0, 0.05) is 12.0 Å². The molecule has 0 radical (unpaired) electrons. The minimum Gasteiger partial charge on any atom is -0.494 e. The lowest BCUT2D eigenvalue weighted by Crippen LogP contribution is -2.05. The summed E-state index contributed by atoms with van der Waals surface area (Å²) in [5, 5.41) is 0. The molecule has 0 spiro atoms. The van der Waals surface area contributed by atoms with Gasteiger partial charge < -0.3 is 15.2 Å². The second-order valence-corrected chi connectivity index (χ2v) is 3.64. The second kappa shape index (κ2) is 4.53. The average molecular weight is 207 g/mol. The van der Waals surface area contributed by atoms with E-state index in [4.69, 9.17) is 15.2 Å². The SMILES string of the molecule is CCOc1cc2c(cc1CCN)OCC2. The fourth-order valence-corrected chi connectivity index (χ4v) is 1.89. The van der Waals surface area contributed by atoms with Gasteiger partial charge in [-0.2, -0.15) is 0 Å². The van der Waals surface area contributed by atoms with Crippen molar-refractivity contribution in [2.75, 3.05) is 19.8 Å².